The lowest BCUT2D eigenvalue weighted by molar-refractivity contribution is 0.754. The lowest BCUT2D eigenvalue weighted by Gasteiger charge is -2.09. The van der Waals surface area contributed by atoms with Gasteiger partial charge in [-0.3, -0.25) is 0 Å². The second-order valence-corrected chi connectivity index (χ2v) is 6.25. The summed E-state index contributed by atoms with van der Waals surface area (Å²) < 4.78 is 1.04. The highest BCUT2D eigenvalue weighted by Gasteiger charge is 2.16. The third-order valence-electron chi connectivity index (χ3n) is 3.10. The molecule has 2 nitrogen and oxygen atoms in total. The molecule has 0 bridgehead atoms. The van der Waals surface area contributed by atoms with Crippen LogP contribution in [0.5, 0.6) is 0 Å². The monoisotopic (exact) mass is 286 g/mol. The molecule has 0 atom stereocenters. The van der Waals surface area contributed by atoms with Crippen molar-refractivity contribution in [3.05, 3.63) is 22.2 Å². The fourth-order valence-corrected chi connectivity index (χ4v) is 3.93. The fourth-order valence-electron chi connectivity index (χ4n) is 2.26. The van der Waals surface area contributed by atoms with Crippen LogP contribution in [-0.2, 0) is 0 Å². The van der Waals surface area contributed by atoms with Gasteiger partial charge in [-0.2, -0.15) is 0 Å². The summed E-state index contributed by atoms with van der Waals surface area (Å²) in [7, 11) is 0. The van der Waals surface area contributed by atoms with Crippen LogP contribution in [0.25, 0.3) is 10.2 Å². The van der Waals surface area contributed by atoms with Gasteiger partial charge in [0.05, 0.1) is 9.72 Å². The minimum absolute atomic E-state index is 0.574. The number of nitrogens with zero attached hydrogens (tertiary/aromatic N) is 1. The fraction of sp³-hybridized carbons (Fsp3) is 0.417. The van der Waals surface area contributed by atoms with Crippen molar-refractivity contribution in [3.8, 4) is 0 Å². The van der Waals surface area contributed by atoms with E-state index in [4.69, 9.17) is 23.2 Å². The molecule has 2 aromatic rings. The standard InChI is InChI=1S/C12H12Cl2N2S/c13-7-5-9(14)11-10(6-7)17-12(16-11)15-8-3-1-2-4-8/h5-6,8H,1-4H2,(H,15,16). The molecule has 1 aromatic heterocycles. The molecule has 0 aliphatic heterocycles. The highest BCUT2D eigenvalue weighted by molar-refractivity contribution is 7.22. The molecule has 90 valence electrons. The van der Waals surface area contributed by atoms with Gasteiger partial charge in [-0.05, 0) is 25.0 Å². The number of anilines is 1. The molecule has 5 heteroatoms. The Balaban J connectivity index is 1.93. The summed E-state index contributed by atoms with van der Waals surface area (Å²) in [5.41, 5.74) is 0.849. The summed E-state index contributed by atoms with van der Waals surface area (Å²) in [6, 6.07) is 4.23. The summed E-state index contributed by atoms with van der Waals surface area (Å²) in [6.07, 6.45) is 5.11. The van der Waals surface area contributed by atoms with Gasteiger partial charge in [0.25, 0.3) is 0 Å². The first-order valence-electron chi connectivity index (χ1n) is 5.74. The largest absolute Gasteiger partial charge is 0.359 e. The molecule has 3 rings (SSSR count). The molecule has 1 fully saturated rings. The van der Waals surface area contributed by atoms with E-state index in [0.717, 1.165) is 15.3 Å². The number of halogens is 2. The van der Waals surface area contributed by atoms with Crippen LogP contribution in [0.1, 0.15) is 25.7 Å². The zero-order valence-corrected chi connectivity index (χ0v) is 11.5. The van der Waals surface area contributed by atoms with Crippen molar-refractivity contribution in [3.63, 3.8) is 0 Å². The maximum absolute atomic E-state index is 6.12. The van der Waals surface area contributed by atoms with Crippen LogP contribution in [0, 0.1) is 0 Å². The molecule has 0 radical (unpaired) electrons. The van der Waals surface area contributed by atoms with E-state index in [-0.39, 0.29) is 0 Å². The molecule has 17 heavy (non-hydrogen) atoms. The Hall–Kier alpha value is -0.510. The van der Waals surface area contributed by atoms with Gasteiger partial charge in [0.2, 0.25) is 0 Å². The van der Waals surface area contributed by atoms with E-state index in [9.17, 15) is 0 Å². The maximum atomic E-state index is 6.12. The SMILES string of the molecule is Clc1cc(Cl)c2nc(NC3CCCC3)sc2c1. The topological polar surface area (TPSA) is 24.9 Å². The number of rotatable bonds is 2. The molecule has 1 aromatic carbocycles. The molecule has 1 aliphatic rings. The molecule has 1 heterocycles. The maximum Gasteiger partial charge on any atom is 0.184 e. The third kappa shape index (κ3) is 2.37. The van der Waals surface area contributed by atoms with Crippen LogP contribution in [-0.4, -0.2) is 11.0 Å². The summed E-state index contributed by atoms with van der Waals surface area (Å²) in [4.78, 5) is 4.53. The van der Waals surface area contributed by atoms with Crippen molar-refractivity contribution < 1.29 is 0 Å². The number of nitrogens with one attached hydrogen (secondary N) is 1. The van der Waals surface area contributed by atoms with Crippen molar-refractivity contribution in [2.24, 2.45) is 0 Å². The van der Waals surface area contributed by atoms with Crippen LogP contribution in [0.3, 0.4) is 0 Å². The number of hydrogen-bond acceptors (Lipinski definition) is 3. The molecule has 0 unspecified atom stereocenters. The van der Waals surface area contributed by atoms with Gasteiger partial charge in [-0.1, -0.05) is 47.4 Å². The quantitative estimate of drug-likeness (QED) is 0.844. The predicted octanol–water partition coefficient (Wildman–Crippen LogP) is 4.96. The van der Waals surface area contributed by atoms with Crippen LogP contribution >= 0.6 is 34.5 Å². The summed E-state index contributed by atoms with van der Waals surface area (Å²) >= 11 is 13.7. The van der Waals surface area contributed by atoms with Crippen LogP contribution in [0.4, 0.5) is 5.13 Å². The van der Waals surface area contributed by atoms with Gasteiger partial charge in [-0.25, -0.2) is 4.98 Å². The van der Waals surface area contributed by atoms with E-state index in [1.807, 2.05) is 6.07 Å². The van der Waals surface area contributed by atoms with Crippen molar-refractivity contribution in [2.45, 2.75) is 31.7 Å². The van der Waals surface area contributed by atoms with Crippen molar-refractivity contribution in [2.75, 3.05) is 5.32 Å². The second kappa shape index (κ2) is 4.63. The van der Waals surface area contributed by atoms with Crippen LogP contribution in [0.2, 0.25) is 10.0 Å². The van der Waals surface area contributed by atoms with Gasteiger partial charge in [0, 0.05) is 11.1 Å². The van der Waals surface area contributed by atoms with Gasteiger partial charge in [0.15, 0.2) is 5.13 Å². The molecule has 1 aliphatic carbocycles. The van der Waals surface area contributed by atoms with E-state index < -0.39 is 0 Å². The molecule has 0 amide bonds. The number of thiazole rings is 1. The lowest BCUT2D eigenvalue weighted by atomic mass is 10.3. The smallest absolute Gasteiger partial charge is 0.184 e. The first-order chi connectivity index (χ1) is 8.22. The average Bonchev–Trinajstić information content (AvgIpc) is 2.87. The highest BCUT2D eigenvalue weighted by atomic mass is 35.5. The molecule has 1 saturated carbocycles. The molecular formula is C12H12Cl2N2S. The van der Waals surface area contributed by atoms with E-state index in [0.29, 0.717) is 16.1 Å². The number of benzene rings is 1. The van der Waals surface area contributed by atoms with Crippen LogP contribution < -0.4 is 5.32 Å². The molecule has 1 N–H and O–H groups in total. The molecule has 0 spiro atoms. The minimum atomic E-state index is 0.574. The summed E-state index contributed by atoms with van der Waals surface area (Å²) in [6.45, 7) is 0. The second-order valence-electron chi connectivity index (χ2n) is 4.38. The summed E-state index contributed by atoms with van der Waals surface area (Å²) in [5.74, 6) is 0. The minimum Gasteiger partial charge on any atom is -0.359 e. The Morgan fingerprint density at radius 3 is 2.76 bits per heavy atom. The van der Waals surface area contributed by atoms with Crippen molar-refractivity contribution in [1.29, 1.82) is 0 Å². The van der Waals surface area contributed by atoms with Gasteiger partial charge in [-0.15, -0.1) is 0 Å². The molecule has 0 saturated heterocycles. The zero-order chi connectivity index (χ0) is 11.8. The number of fused-ring (bicyclic) bond motifs is 1. The molecular weight excluding hydrogens is 275 g/mol. The Morgan fingerprint density at radius 2 is 2.00 bits per heavy atom. The summed E-state index contributed by atoms with van der Waals surface area (Å²) in [5, 5.41) is 5.73. The van der Waals surface area contributed by atoms with Crippen molar-refractivity contribution >= 4 is 49.9 Å². The highest BCUT2D eigenvalue weighted by Crippen LogP contribution is 2.34. The van der Waals surface area contributed by atoms with E-state index in [1.165, 1.54) is 25.7 Å². The Morgan fingerprint density at radius 1 is 1.24 bits per heavy atom. The van der Waals surface area contributed by atoms with Crippen molar-refractivity contribution in [1.82, 2.24) is 4.98 Å². The average molecular weight is 287 g/mol. The first kappa shape index (κ1) is 11.6. The predicted molar refractivity (Wildman–Crippen MR) is 75.5 cm³/mol. The zero-order valence-electron chi connectivity index (χ0n) is 9.17. The first-order valence-corrected chi connectivity index (χ1v) is 7.32. The lowest BCUT2D eigenvalue weighted by Crippen LogP contribution is -2.13. The number of hydrogen-bond donors (Lipinski definition) is 1. The van der Waals surface area contributed by atoms with E-state index in [2.05, 4.69) is 10.3 Å². The van der Waals surface area contributed by atoms with E-state index >= 15 is 0 Å². The van der Waals surface area contributed by atoms with Gasteiger partial charge >= 0.3 is 0 Å². The number of aromatic nitrogens is 1. The Labute approximate surface area is 114 Å². The third-order valence-corrected chi connectivity index (χ3v) is 4.54. The Kier molecular flexibility index (Phi) is 3.16. The van der Waals surface area contributed by atoms with Gasteiger partial charge < -0.3 is 5.32 Å². The van der Waals surface area contributed by atoms with E-state index in [1.54, 1.807) is 17.4 Å². The van der Waals surface area contributed by atoms with Crippen LogP contribution in [0.15, 0.2) is 12.1 Å². The Bertz CT molecular complexity index is 547. The normalized spacial score (nSPS) is 16.8. The van der Waals surface area contributed by atoms with Gasteiger partial charge in [0.1, 0.15) is 5.52 Å².